The number of carboxylic acid groups (broad SMARTS) is 1. The molecule has 5 rings (SSSR count). The Morgan fingerprint density at radius 1 is 1.31 bits per heavy atom. The molecule has 1 fully saturated rings. The molecular weight excluding hydrogens is 394 g/mol. The third-order valence-electron chi connectivity index (χ3n) is 6.12. The quantitative estimate of drug-likeness (QED) is 0.827. The van der Waals surface area contributed by atoms with E-state index in [2.05, 4.69) is 0 Å². The van der Waals surface area contributed by atoms with Crippen LogP contribution in [-0.4, -0.2) is 42.5 Å². The first-order chi connectivity index (χ1) is 13.8. The van der Waals surface area contributed by atoms with Crippen LogP contribution in [0.3, 0.4) is 0 Å². The van der Waals surface area contributed by atoms with E-state index in [0.717, 1.165) is 22.3 Å². The van der Waals surface area contributed by atoms with Crippen LogP contribution >= 0.6 is 0 Å². The second kappa shape index (κ2) is 6.14. The summed E-state index contributed by atoms with van der Waals surface area (Å²) in [6.45, 7) is 2.16. The fraction of sp³-hybridized carbons (Fsp3) is 0.333. The number of sulfone groups is 1. The number of benzene rings is 1. The Morgan fingerprint density at radius 2 is 2.10 bits per heavy atom. The molecular formula is C21H19NO6S. The number of fused-ring (bicyclic) bond motifs is 7. The molecule has 29 heavy (non-hydrogen) atoms. The molecule has 0 saturated carbocycles. The average Bonchev–Trinajstić information content (AvgIpc) is 3.31. The van der Waals surface area contributed by atoms with E-state index in [9.17, 15) is 23.1 Å². The van der Waals surface area contributed by atoms with Gasteiger partial charge in [0.15, 0.2) is 15.3 Å². The fourth-order valence-electron chi connectivity index (χ4n) is 4.71. The molecule has 0 amide bonds. The maximum atomic E-state index is 12.4. The molecule has 150 valence electrons. The number of carboxylic acids is 1. The van der Waals surface area contributed by atoms with Gasteiger partial charge in [-0.3, -0.25) is 4.79 Å². The third-order valence-corrected chi connectivity index (χ3v) is 7.85. The molecule has 1 saturated heterocycles. The number of aromatic nitrogens is 1. The maximum absolute atomic E-state index is 12.4. The lowest BCUT2D eigenvalue weighted by Crippen LogP contribution is -2.31. The molecule has 0 spiro atoms. The van der Waals surface area contributed by atoms with Crippen LogP contribution in [0.25, 0.3) is 11.1 Å². The van der Waals surface area contributed by atoms with Crippen LogP contribution in [0, 0.1) is 0 Å². The minimum absolute atomic E-state index is 0.0307. The summed E-state index contributed by atoms with van der Waals surface area (Å²) in [5.41, 5.74) is 3.65. The number of hydrogen-bond donors (Lipinski definition) is 1. The van der Waals surface area contributed by atoms with Crippen molar-refractivity contribution in [3.63, 3.8) is 0 Å². The second-order valence-corrected chi connectivity index (χ2v) is 9.87. The molecule has 1 aromatic heterocycles. The van der Waals surface area contributed by atoms with Crippen LogP contribution in [0.2, 0.25) is 0 Å². The molecule has 2 aliphatic heterocycles. The highest BCUT2D eigenvalue weighted by Crippen LogP contribution is 2.50. The first-order valence-electron chi connectivity index (χ1n) is 9.52. The Balaban J connectivity index is 1.71. The number of nitrogens with zero attached hydrogens (tertiary/aromatic N) is 1. The lowest BCUT2D eigenvalue weighted by atomic mass is 9.89. The van der Waals surface area contributed by atoms with Gasteiger partial charge in [0.1, 0.15) is 11.7 Å². The topological polar surface area (TPSA) is 103 Å². The van der Waals surface area contributed by atoms with E-state index in [4.69, 9.17) is 4.74 Å². The summed E-state index contributed by atoms with van der Waals surface area (Å²) in [5.74, 6) is -1.21. The molecule has 1 N–H and O–H groups in total. The van der Waals surface area contributed by atoms with Gasteiger partial charge in [-0.25, -0.2) is 13.2 Å². The summed E-state index contributed by atoms with van der Waals surface area (Å²) in [7, 11) is -3.32. The van der Waals surface area contributed by atoms with Crippen LogP contribution in [0.1, 0.15) is 46.6 Å². The maximum Gasteiger partial charge on any atom is 0.341 e. The number of aromatic carboxylic acids is 1. The molecule has 0 radical (unpaired) electrons. The third kappa shape index (κ3) is 2.55. The molecule has 7 nitrogen and oxygen atoms in total. The average molecular weight is 413 g/mol. The van der Waals surface area contributed by atoms with Gasteiger partial charge in [0.2, 0.25) is 0 Å². The molecule has 1 aliphatic carbocycles. The van der Waals surface area contributed by atoms with E-state index >= 15 is 0 Å². The van der Waals surface area contributed by atoms with Crippen molar-refractivity contribution in [3.05, 3.63) is 63.1 Å². The number of rotatable bonds is 3. The van der Waals surface area contributed by atoms with Crippen LogP contribution in [0.15, 0.2) is 40.2 Å². The molecule has 1 aromatic carbocycles. The van der Waals surface area contributed by atoms with Crippen LogP contribution in [-0.2, 0) is 21.0 Å². The number of ether oxygens (including phenoxy) is 1. The lowest BCUT2D eigenvalue weighted by Gasteiger charge is -2.32. The highest BCUT2D eigenvalue weighted by Gasteiger charge is 2.43. The number of allylic oxidation sites excluding steroid dienone is 1. The summed E-state index contributed by atoms with van der Waals surface area (Å²) < 4.78 is 32.5. The largest absolute Gasteiger partial charge is 0.477 e. The SMILES string of the molecule is CCS(=O)(=O)c1ccc2c(c1)CC1=C2[C@H]2OCC[C@H]2n2cc(C(=O)O)c(=O)cc21. The van der Waals surface area contributed by atoms with Gasteiger partial charge in [-0.2, -0.15) is 0 Å². The van der Waals surface area contributed by atoms with Gasteiger partial charge >= 0.3 is 5.97 Å². The Hall–Kier alpha value is -2.71. The molecule has 3 heterocycles. The minimum atomic E-state index is -3.32. The van der Waals surface area contributed by atoms with Crippen molar-refractivity contribution >= 4 is 27.0 Å². The highest BCUT2D eigenvalue weighted by atomic mass is 32.2. The molecule has 2 atom stereocenters. The van der Waals surface area contributed by atoms with E-state index in [-0.39, 0.29) is 23.5 Å². The molecule has 8 heteroatoms. The van der Waals surface area contributed by atoms with Gasteiger partial charge in [-0.1, -0.05) is 13.0 Å². The predicted molar refractivity (Wildman–Crippen MR) is 106 cm³/mol. The normalized spacial score (nSPS) is 22.1. The molecule has 2 aromatic rings. The van der Waals surface area contributed by atoms with Crippen molar-refractivity contribution in [2.24, 2.45) is 0 Å². The molecule has 3 aliphatic rings. The minimum Gasteiger partial charge on any atom is -0.477 e. The zero-order valence-corrected chi connectivity index (χ0v) is 16.5. The zero-order valence-electron chi connectivity index (χ0n) is 15.7. The zero-order chi connectivity index (χ0) is 20.5. The monoisotopic (exact) mass is 413 g/mol. The van der Waals surface area contributed by atoms with E-state index < -0.39 is 21.2 Å². The summed E-state index contributed by atoms with van der Waals surface area (Å²) in [6, 6.07) is 6.48. The number of hydrogen-bond acceptors (Lipinski definition) is 5. The van der Waals surface area contributed by atoms with Crippen LogP contribution in [0.4, 0.5) is 0 Å². The van der Waals surface area contributed by atoms with E-state index in [0.29, 0.717) is 30.0 Å². The summed E-state index contributed by atoms with van der Waals surface area (Å²) >= 11 is 0. The summed E-state index contributed by atoms with van der Waals surface area (Å²) in [5, 5.41) is 9.35. The van der Waals surface area contributed by atoms with Crippen molar-refractivity contribution in [2.45, 2.75) is 36.8 Å². The van der Waals surface area contributed by atoms with Crippen LogP contribution < -0.4 is 5.43 Å². The lowest BCUT2D eigenvalue weighted by molar-refractivity contribution is 0.0693. The van der Waals surface area contributed by atoms with Crippen molar-refractivity contribution in [1.82, 2.24) is 4.57 Å². The van der Waals surface area contributed by atoms with Gasteiger partial charge in [0.25, 0.3) is 0 Å². The number of carbonyl (C=O) groups is 1. The Kier molecular flexibility index (Phi) is 3.88. The summed E-state index contributed by atoms with van der Waals surface area (Å²) in [4.78, 5) is 24.1. The molecule has 0 unspecified atom stereocenters. The van der Waals surface area contributed by atoms with Gasteiger partial charge in [0, 0.05) is 31.0 Å². The van der Waals surface area contributed by atoms with E-state index in [1.54, 1.807) is 19.1 Å². The summed E-state index contributed by atoms with van der Waals surface area (Å²) in [6.07, 6.45) is 2.38. The van der Waals surface area contributed by atoms with E-state index in [1.165, 1.54) is 12.3 Å². The standard InChI is InChI=1S/C21H19NO6S/c1-2-29(26,27)12-3-4-13-11(7-12)8-14-17-9-18(23)15(21(24)25)10-22(17)16-5-6-28-20(16)19(13)14/h3-4,7,9-10,16,20H,2,5-6,8H2,1H3,(H,24,25)/t16-,20+/m1/s1. The second-order valence-electron chi connectivity index (χ2n) is 7.59. The Bertz CT molecular complexity index is 1270. The van der Waals surface area contributed by atoms with Crippen molar-refractivity contribution in [1.29, 1.82) is 0 Å². The van der Waals surface area contributed by atoms with Crippen molar-refractivity contribution < 1.29 is 23.1 Å². The molecule has 0 bridgehead atoms. The van der Waals surface area contributed by atoms with Crippen molar-refractivity contribution in [2.75, 3.05) is 12.4 Å². The predicted octanol–water partition coefficient (Wildman–Crippen LogP) is 2.15. The first kappa shape index (κ1) is 18.3. The highest BCUT2D eigenvalue weighted by molar-refractivity contribution is 7.91. The van der Waals surface area contributed by atoms with E-state index in [1.807, 2.05) is 10.6 Å². The first-order valence-corrected chi connectivity index (χ1v) is 11.2. The number of pyridine rings is 1. The van der Waals surface area contributed by atoms with Crippen molar-refractivity contribution in [3.8, 4) is 0 Å². The van der Waals surface area contributed by atoms with Gasteiger partial charge in [-0.15, -0.1) is 0 Å². The van der Waals surface area contributed by atoms with Gasteiger partial charge in [-0.05, 0) is 40.8 Å². The van der Waals surface area contributed by atoms with Gasteiger partial charge < -0.3 is 14.4 Å². The Labute approximate surface area is 167 Å². The Morgan fingerprint density at radius 3 is 2.83 bits per heavy atom. The smallest absolute Gasteiger partial charge is 0.341 e. The fourth-order valence-corrected chi connectivity index (χ4v) is 5.64. The van der Waals surface area contributed by atoms with Gasteiger partial charge in [0.05, 0.1) is 16.7 Å². The van der Waals surface area contributed by atoms with Crippen LogP contribution in [0.5, 0.6) is 0 Å².